The summed E-state index contributed by atoms with van der Waals surface area (Å²) in [6.07, 6.45) is 0. The molecule has 0 fully saturated rings. The van der Waals surface area contributed by atoms with Crippen molar-refractivity contribution in [2.75, 3.05) is 4.43 Å². The molecule has 0 aliphatic carbocycles. The first-order valence-corrected chi connectivity index (χ1v) is 9.38. The number of alkyl halides is 1. The molecule has 0 spiro atoms. The van der Waals surface area contributed by atoms with E-state index in [1.165, 1.54) is 11.3 Å². The standard InChI is InChI=1S/C9H13BrINO2S2/c1-6(2)8(5-11)12-16(13,14)9-7(10)3-4-15-9/h3-4,6,8,12H,5H2,1-2H3. The normalized spacial score (nSPS) is 14.3. The van der Waals surface area contributed by atoms with Crippen molar-refractivity contribution in [2.45, 2.75) is 24.1 Å². The first-order valence-electron chi connectivity index (χ1n) is 4.69. The van der Waals surface area contributed by atoms with Crippen molar-refractivity contribution in [3.8, 4) is 0 Å². The Morgan fingerprint density at radius 2 is 2.19 bits per heavy atom. The van der Waals surface area contributed by atoms with E-state index in [2.05, 4.69) is 43.2 Å². The molecule has 92 valence electrons. The quantitative estimate of drug-likeness (QED) is 0.567. The Morgan fingerprint density at radius 3 is 2.56 bits per heavy atom. The lowest BCUT2D eigenvalue weighted by Crippen LogP contribution is -2.39. The fourth-order valence-corrected chi connectivity index (χ4v) is 6.34. The highest BCUT2D eigenvalue weighted by Gasteiger charge is 2.24. The average molecular weight is 438 g/mol. The minimum absolute atomic E-state index is 0.0281. The van der Waals surface area contributed by atoms with Crippen molar-refractivity contribution in [3.63, 3.8) is 0 Å². The number of rotatable bonds is 5. The first-order chi connectivity index (χ1) is 7.38. The van der Waals surface area contributed by atoms with Gasteiger partial charge in [-0.15, -0.1) is 11.3 Å². The largest absolute Gasteiger partial charge is 0.251 e. The van der Waals surface area contributed by atoms with Crippen molar-refractivity contribution < 1.29 is 8.42 Å². The predicted octanol–water partition coefficient (Wildman–Crippen LogP) is 3.25. The Balaban J connectivity index is 2.92. The SMILES string of the molecule is CC(C)C(CI)NS(=O)(=O)c1sccc1Br. The van der Waals surface area contributed by atoms with Crippen LogP contribution in [-0.2, 0) is 10.0 Å². The van der Waals surface area contributed by atoms with E-state index in [4.69, 9.17) is 0 Å². The number of sulfonamides is 1. The van der Waals surface area contributed by atoms with Crippen LogP contribution in [0.3, 0.4) is 0 Å². The van der Waals surface area contributed by atoms with Crippen molar-refractivity contribution in [1.29, 1.82) is 0 Å². The predicted molar refractivity (Wildman–Crippen MR) is 79.9 cm³/mol. The van der Waals surface area contributed by atoms with Crippen LogP contribution in [0.1, 0.15) is 13.8 Å². The molecule has 1 aromatic rings. The second-order valence-electron chi connectivity index (χ2n) is 3.68. The van der Waals surface area contributed by atoms with Crippen LogP contribution in [0, 0.1) is 5.92 Å². The smallest absolute Gasteiger partial charge is 0.206 e. The Bertz CT molecular complexity index is 444. The Hall–Kier alpha value is 0.820. The van der Waals surface area contributed by atoms with Crippen LogP contribution in [0.15, 0.2) is 20.1 Å². The van der Waals surface area contributed by atoms with Crippen LogP contribution in [0.25, 0.3) is 0 Å². The van der Waals surface area contributed by atoms with Gasteiger partial charge in [0.15, 0.2) is 0 Å². The summed E-state index contributed by atoms with van der Waals surface area (Å²) in [5, 5.41) is 1.76. The monoisotopic (exact) mass is 437 g/mol. The van der Waals surface area contributed by atoms with Gasteiger partial charge < -0.3 is 0 Å². The molecule has 7 heteroatoms. The van der Waals surface area contributed by atoms with Crippen LogP contribution in [0.4, 0.5) is 0 Å². The van der Waals surface area contributed by atoms with Gasteiger partial charge in [0, 0.05) is 14.9 Å². The zero-order valence-electron chi connectivity index (χ0n) is 8.91. The summed E-state index contributed by atoms with van der Waals surface area (Å²) in [4.78, 5) is 0. The Labute approximate surface area is 122 Å². The van der Waals surface area contributed by atoms with Crippen LogP contribution < -0.4 is 4.72 Å². The van der Waals surface area contributed by atoms with E-state index < -0.39 is 10.0 Å². The van der Waals surface area contributed by atoms with Crippen LogP contribution >= 0.6 is 49.9 Å². The topological polar surface area (TPSA) is 46.2 Å². The molecule has 0 saturated heterocycles. The molecule has 1 atom stereocenters. The second kappa shape index (κ2) is 6.12. The summed E-state index contributed by atoms with van der Waals surface area (Å²) in [6.45, 7) is 4.02. The van der Waals surface area contributed by atoms with Gasteiger partial charge in [-0.2, -0.15) is 0 Å². The fraction of sp³-hybridized carbons (Fsp3) is 0.556. The van der Waals surface area contributed by atoms with Gasteiger partial charge in [-0.05, 0) is 33.3 Å². The number of thiophene rings is 1. The lowest BCUT2D eigenvalue weighted by molar-refractivity contribution is 0.486. The maximum Gasteiger partial charge on any atom is 0.251 e. The molecule has 0 bridgehead atoms. The molecular weight excluding hydrogens is 425 g/mol. The number of halogens is 2. The fourth-order valence-electron chi connectivity index (χ4n) is 1.07. The zero-order valence-corrected chi connectivity index (χ0v) is 14.3. The second-order valence-corrected chi connectivity index (χ2v) is 8.24. The molecule has 16 heavy (non-hydrogen) atoms. The highest BCUT2D eigenvalue weighted by atomic mass is 127. The highest BCUT2D eigenvalue weighted by Crippen LogP contribution is 2.28. The Morgan fingerprint density at radius 1 is 1.56 bits per heavy atom. The van der Waals surface area contributed by atoms with Gasteiger partial charge in [0.1, 0.15) is 4.21 Å². The summed E-state index contributed by atoms with van der Waals surface area (Å²) in [7, 11) is -3.39. The lowest BCUT2D eigenvalue weighted by Gasteiger charge is -2.19. The first kappa shape index (κ1) is 14.9. The van der Waals surface area contributed by atoms with E-state index >= 15 is 0 Å². The van der Waals surface area contributed by atoms with Crippen molar-refractivity contribution >= 4 is 59.9 Å². The molecular formula is C9H13BrINO2S2. The van der Waals surface area contributed by atoms with Crippen molar-refractivity contribution in [3.05, 3.63) is 15.9 Å². The summed E-state index contributed by atoms with van der Waals surface area (Å²) in [6, 6.07) is 1.72. The molecule has 0 aliphatic rings. The summed E-state index contributed by atoms with van der Waals surface area (Å²) in [5.41, 5.74) is 0. The van der Waals surface area contributed by atoms with Gasteiger partial charge in [-0.1, -0.05) is 36.4 Å². The molecule has 3 nitrogen and oxygen atoms in total. The minimum atomic E-state index is -3.39. The third-order valence-corrected chi connectivity index (χ3v) is 7.21. The summed E-state index contributed by atoms with van der Waals surface area (Å²) in [5.74, 6) is 0.283. The molecule has 1 unspecified atom stereocenters. The minimum Gasteiger partial charge on any atom is -0.206 e. The third-order valence-electron chi connectivity index (χ3n) is 2.11. The van der Waals surface area contributed by atoms with Gasteiger partial charge in [-0.3, -0.25) is 0 Å². The number of hydrogen-bond acceptors (Lipinski definition) is 3. The van der Waals surface area contributed by atoms with Gasteiger partial charge >= 0.3 is 0 Å². The maximum atomic E-state index is 12.1. The number of hydrogen-bond donors (Lipinski definition) is 1. The van der Waals surface area contributed by atoms with E-state index in [0.29, 0.717) is 8.68 Å². The van der Waals surface area contributed by atoms with Gasteiger partial charge in [0.2, 0.25) is 0 Å². The molecule has 1 heterocycles. The molecule has 0 aliphatic heterocycles. The van der Waals surface area contributed by atoms with E-state index in [1.54, 1.807) is 11.4 Å². The Kier molecular flexibility index (Phi) is 5.69. The molecule has 0 aromatic carbocycles. The van der Waals surface area contributed by atoms with Crippen molar-refractivity contribution in [1.82, 2.24) is 4.72 Å². The van der Waals surface area contributed by atoms with E-state index in [0.717, 1.165) is 4.43 Å². The van der Waals surface area contributed by atoms with Gasteiger partial charge in [0.05, 0.1) is 0 Å². The van der Waals surface area contributed by atoms with E-state index in [1.807, 2.05) is 13.8 Å². The van der Waals surface area contributed by atoms with Gasteiger partial charge in [-0.25, -0.2) is 13.1 Å². The van der Waals surface area contributed by atoms with Crippen LogP contribution in [-0.4, -0.2) is 18.9 Å². The maximum absolute atomic E-state index is 12.1. The molecule has 1 aromatic heterocycles. The van der Waals surface area contributed by atoms with Gasteiger partial charge in [0.25, 0.3) is 10.0 Å². The highest BCUT2D eigenvalue weighted by molar-refractivity contribution is 14.1. The molecule has 0 saturated carbocycles. The zero-order chi connectivity index (χ0) is 12.3. The lowest BCUT2D eigenvalue weighted by atomic mass is 10.1. The van der Waals surface area contributed by atoms with Crippen LogP contribution in [0.2, 0.25) is 0 Å². The summed E-state index contributed by atoms with van der Waals surface area (Å²) >= 11 is 6.66. The average Bonchev–Trinajstić information content (AvgIpc) is 2.61. The third kappa shape index (κ3) is 3.66. The van der Waals surface area contributed by atoms with Crippen LogP contribution in [0.5, 0.6) is 0 Å². The van der Waals surface area contributed by atoms with E-state index in [-0.39, 0.29) is 12.0 Å². The molecule has 1 rings (SSSR count). The molecule has 0 radical (unpaired) electrons. The van der Waals surface area contributed by atoms with Crippen molar-refractivity contribution in [2.24, 2.45) is 5.92 Å². The molecule has 0 amide bonds. The van der Waals surface area contributed by atoms with E-state index in [9.17, 15) is 8.42 Å². The molecule has 1 N–H and O–H groups in total. The summed E-state index contributed by atoms with van der Waals surface area (Å²) < 4.78 is 28.6. The number of nitrogens with one attached hydrogen (secondary N) is 1.